The van der Waals surface area contributed by atoms with E-state index < -0.39 is 0 Å². The van der Waals surface area contributed by atoms with Gasteiger partial charge in [0.15, 0.2) is 0 Å². The Hall–Kier alpha value is -0.570. The van der Waals surface area contributed by atoms with Crippen LogP contribution in [0.2, 0.25) is 0 Å². The SMILES string of the molecule is CC.CCC(=O)NCC(C)OCC(C)C. The summed E-state index contributed by atoms with van der Waals surface area (Å²) < 4.78 is 5.48. The molecule has 1 N–H and O–H groups in total. The minimum Gasteiger partial charge on any atom is -0.376 e. The summed E-state index contributed by atoms with van der Waals surface area (Å²) in [4.78, 5) is 10.9. The average Bonchev–Trinajstić information content (AvgIpc) is 2.25. The topological polar surface area (TPSA) is 38.3 Å². The molecule has 0 rings (SSSR count). The fourth-order valence-corrected chi connectivity index (χ4v) is 0.798. The van der Waals surface area contributed by atoms with Crippen LogP contribution in [-0.4, -0.2) is 25.2 Å². The van der Waals surface area contributed by atoms with Crippen LogP contribution in [-0.2, 0) is 9.53 Å². The summed E-state index contributed by atoms with van der Waals surface area (Å²) in [5.41, 5.74) is 0. The van der Waals surface area contributed by atoms with Crippen LogP contribution >= 0.6 is 0 Å². The van der Waals surface area contributed by atoms with Crippen molar-refractivity contribution in [2.24, 2.45) is 5.92 Å². The van der Waals surface area contributed by atoms with E-state index in [2.05, 4.69) is 19.2 Å². The molecule has 3 heteroatoms. The summed E-state index contributed by atoms with van der Waals surface area (Å²) in [6.45, 7) is 13.4. The molecule has 0 aromatic carbocycles. The third-order valence-electron chi connectivity index (χ3n) is 1.62. The van der Waals surface area contributed by atoms with Gasteiger partial charge in [-0.15, -0.1) is 0 Å². The standard InChI is InChI=1S/C10H21NO2.C2H6/c1-5-10(12)11-6-9(4)13-7-8(2)3;1-2/h8-9H,5-7H2,1-4H3,(H,11,12);1-2H3. The highest BCUT2D eigenvalue weighted by atomic mass is 16.5. The van der Waals surface area contributed by atoms with Gasteiger partial charge in [-0.3, -0.25) is 4.79 Å². The molecule has 92 valence electrons. The molecule has 0 aliphatic heterocycles. The van der Waals surface area contributed by atoms with E-state index in [1.165, 1.54) is 0 Å². The summed E-state index contributed by atoms with van der Waals surface area (Å²) in [5.74, 6) is 0.629. The van der Waals surface area contributed by atoms with E-state index in [1.54, 1.807) is 0 Å². The molecule has 1 amide bonds. The number of hydrogen-bond donors (Lipinski definition) is 1. The fourth-order valence-electron chi connectivity index (χ4n) is 0.798. The summed E-state index contributed by atoms with van der Waals surface area (Å²) in [6.07, 6.45) is 0.648. The van der Waals surface area contributed by atoms with Gasteiger partial charge in [0.1, 0.15) is 0 Å². The smallest absolute Gasteiger partial charge is 0.219 e. The van der Waals surface area contributed by atoms with Gasteiger partial charge in [0, 0.05) is 19.6 Å². The van der Waals surface area contributed by atoms with Crippen molar-refractivity contribution in [2.75, 3.05) is 13.2 Å². The third kappa shape index (κ3) is 13.4. The number of hydrogen-bond acceptors (Lipinski definition) is 2. The first kappa shape index (κ1) is 16.8. The van der Waals surface area contributed by atoms with Crippen LogP contribution in [0.15, 0.2) is 0 Å². The van der Waals surface area contributed by atoms with E-state index in [1.807, 2.05) is 27.7 Å². The number of carbonyl (C=O) groups is 1. The zero-order valence-electron chi connectivity index (χ0n) is 11.1. The molecule has 3 nitrogen and oxygen atoms in total. The number of carbonyl (C=O) groups excluding carboxylic acids is 1. The van der Waals surface area contributed by atoms with Crippen molar-refractivity contribution in [2.45, 2.75) is 54.1 Å². The molecule has 0 radical (unpaired) electrons. The van der Waals surface area contributed by atoms with Crippen LogP contribution in [0.5, 0.6) is 0 Å². The van der Waals surface area contributed by atoms with Crippen molar-refractivity contribution in [3.05, 3.63) is 0 Å². The second-order valence-electron chi connectivity index (χ2n) is 3.70. The molecule has 0 saturated carbocycles. The van der Waals surface area contributed by atoms with E-state index in [0.29, 0.717) is 18.9 Å². The number of rotatable bonds is 6. The lowest BCUT2D eigenvalue weighted by Gasteiger charge is -2.15. The maximum absolute atomic E-state index is 10.9. The van der Waals surface area contributed by atoms with Gasteiger partial charge in [-0.1, -0.05) is 34.6 Å². The highest BCUT2D eigenvalue weighted by molar-refractivity contribution is 5.75. The Kier molecular flexibility index (Phi) is 12.9. The van der Waals surface area contributed by atoms with Gasteiger partial charge in [0.25, 0.3) is 0 Å². The Morgan fingerprint density at radius 1 is 1.27 bits per heavy atom. The molecule has 0 aromatic heterocycles. The summed E-state index contributed by atoms with van der Waals surface area (Å²) in [5, 5.41) is 2.79. The number of ether oxygens (including phenoxy) is 1. The molecule has 0 saturated heterocycles. The molecule has 15 heavy (non-hydrogen) atoms. The van der Waals surface area contributed by atoms with Crippen LogP contribution in [0.4, 0.5) is 0 Å². The van der Waals surface area contributed by atoms with E-state index in [9.17, 15) is 4.79 Å². The predicted molar refractivity (Wildman–Crippen MR) is 64.9 cm³/mol. The molecular weight excluding hydrogens is 190 g/mol. The lowest BCUT2D eigenvalue weighted by Crippen LogP contribution is -2.32. The average molecular weight is 217 g/mol. The number of nitrogens with one attached hydrogen (secondary N) is 1. The van der Waals surface area contributed by atoms with Crippen LogP contribution in [0.25, 0.3) is 0 Å². The van der Waals surface area contributed by atoms with Crippen molar-refractivity contribution in [1.29, 1.82) is 0 Å². The predicted octanol–water partition coefficient (Wildman–Crippen LogP) is 2.60. The maximum atomic E-state index is 10.9. The summed E-state index contributed by atoms with van der Waals surface area (Å²) in [7, 11) is 0. The van der Waals surface area contributed by atoms with Gasteiger partial charge in [-0.25, -0.2) is 0 Å². The normalized spacial score (nSPS) is 11.7. The first-order valence-electron chi connectivity index (χ1n) is 5.94. The van der Waals surface area contributed by atoms with Gasteiger partial charge >= 0.3 is 0 Å². The quantitative estimate of drug-likeness (QED) is 0.742. The molecular formula is C12H27NO2. The highest BCUT2D eigenvalue weighted by Crippen LogP contribution is 1.96. The Balaban J connectivity index is 0. The maximum Gasteiger partial charge on any atom is 0.219 e. The van der Waals surface area contributed by atoms with E-state index >= 15 is 0 Å². The molecule has 0 heterocycles. The Morgan fingerprint density at radius 2 is 1.80 bits per heavy atom. The van der Waals surface area contributed by atoms with Gasteiger partial charge in [0.2, 0.25) is 5.91 Å². The van der Waals surface area contributed by atoms with Gasteiger partial charge in [-0.2, -0.15) is 0 Å². The largest absolute Gasteiger partial charge is 0.376 e. The van der Waals surface area contributed by atoms with Gasteiger partial charge in [0.05, 0.1) is 6.10 Å². The summed E-state index contributed by atoms with van der Waals surface area (Å²) in [6, 6.07) is 0. The molecule has 1 unspecified atom stereocenters. The molecule has 0 fully saturated rings. The first-order valence-corrected chi connectivity index (χ1v) is 5.94. The Morgan fingerprint density at radius 3 is 2.20 bits per heavy atom. The van der Waals surface area contributed by atoms with Gasteiger partial charge < -0.3 is 10.1 Å². The Bertz CT molecular complexity index is 147. The van der Waals surface area contributed by atoms with Crippen LogP contribution < -0.4 is 5.32 Å². The lowest BCUT2D eigenvalue weighted by atomic mass is 10.2. The fraction of sp³-hybridized carbons (Fsp3) is 0.917. The minimum absolute atomic E-state index is 0.0833. The molecule has 0 spiro atoms. The molecule has 0 aliphatic rings. The zero-order valence-corrected chi connectivity index (χ0v) is 11.1. The van der Waals surface area contributed by atoms with Crippen molar-refractivity contribution < 1.29 is 9.53 Å². The minimum atomic E-state index is 0.0833. The zero-order chi connectivity index (χ0) is 12.3. The molecule has 0 aliphatic carbocycles. The van der Waals surface area contributed by atoms with E-state index in [-0.39, 0.29) is 12.0 Å². The van der Waals surface area contributed by atoms with Crippen molar-refractivity contribution in [1.82, 2.24) is 5.32 Å². The second-order valence-corrected chi connectivity index (χ2v) is 3.70. The van der Waals surface area contributed by atoms with Crippen molar-refractivity contribution in [3.63, 3.8) is 0 Å². The molecule has 0 aromatic rings. The van der Waals surface area contributed by atoms with E-state index in [4.69, 9.17) is 4.74 Å². The lowest BCUT2D eigenvalue weighted by molar-refractivity contribution is -0.121. The second kappa shape index (κ2) is 11.5. The third-order valence-corrected chi connectivity index (χ3v) is 1.62. The van der Waals surface area contributed by atoms with Crippen molar-refractivity contribution in [3.8, 4) is 0 Å². The Labute approximate surface area is 94.6 Å². The van der Waals surface area contributed by atoms with E-state index in [0.717, 1.165) is 6.61 Å². The van der Waals surface area contributed by atoms with Gasteiger partial charge in [-0.05, 0) is 12.8 Å². The first-order chi connectivity index (χ1) is 7.06. The monoisotopic (exact) mass is 217 g/mol. The molecule has 0 bridgehead atoms. The van der Waals surface area contributed by atoms with Crippen LogP contribution in [0, 0.1) is 5.92 Å². The molecule has 1 atom stereocenters. The van der Waals surface area contributed by atoms with Crippen LogP contribution in [0.1, 0.15) is 48.0 Å². The highest BCUT2D eigenvalue weighted by Gasteiger charge is 2.04. The van der Waals surface area contributed by atoms with Crippen molar-refractivity contribution >= 4 is 5.91 Å². The van der Waals surface area contributed by atoms with Crippen LogP contribution in [0.3, 0.4) is 0 Å². The summed E-state index contributed by atoms with van der Waals surface area (Å²) >= 11 is 0. The number of amides is 1.